The maximum Gasteiger partial charge on any atom is 0.254 e. The molecule has 2 amide bonds. The predicted octanol–water partition coefficient (Wildman–Crippen LogP) is 3.66. The molecular formula is C20H17F2N3O2. The van der Waals surface area contributed by atoms with Gasteiger partial charge in [0.1, 0.15) is 11.6 Å². The maximum atomic E-state index is 13.5. The lowest BCUT2D eigenvalue weighted by atomic mass is 10.2. The molecule has 5 nitrogen and oxygen atoms in total. The van der Waals surface area contributed by atoms with E-state index in [0.717, 1.165) is 17.5 Å². The minimum absolute atomic E-state index is 0.176. The molecule has 2 N–H and O–H groups in total. The first-order valence-electron chi connectivity index (χ1n) is 8.41. The zero-order valence-electron chi connectivity index (χ0n) is 14.3. The summed E-state index contributed by atoms with van der Waals surface area (Å²) in [6.07, 6.45) is 2.20. The van der Waals surface area contributed by atoms with Crippen LogP contribution in [0.4, 0.5) is 14.5 Å². The molecule has 138 valence electrons. The Kier molecular flexibility index (Phi) is 5.71. The number of anilines is 1. The Hall–Kier alpha value is -3.35. The monoisotopic (exact) mass is 369 g/mol. The molecule has 3 aromatic rings. The lowest BCUT2D eigenvalue weighted by molar-refractivity contribution is -0.116. The van der Waals surface area contributed by atoms with Crippen molar-refractivity contribution >= 4 is 28.4 Å². The van der Waals surface area contributed by atoms with E-state index in [0.29, 0.717) is 23.7 Å². The van der Waals surface area contributed by atoms with Crippen LogP contribution in [0.2, 0.25) is 0 Å². The molecule has 7 heteroatoms. The zero-order chi connectivity index (χ0) is 19.2. The molecule has 0 atom stereocenters. The zero-order valence-corrected chi connectivity index (χ0v) is 14.3. The summed E-state index contributed by atoms with van der Waals surface area (Å²) in [5.41, 5.74) is 1.09. The third kappa shape index (κ3) is 4.63. The molecule has 0 saturated carbocycles. The number of hydrogen-bond donors (Lipinski definition) is 2. The molecule has 0 aliphatic heterocycles. The molecule has 0 bridgehead atoms. The van der Waals surface area contributed by atoms with Gasteiger partial charge in [-0.2, -0.15) is 0 Å². The van der Waals surface area contributed by atoms with Crippen LogP contribution < -0.4 is 10.6 Å². The van der Waals surface area contributed by atoms with Crippen LogP contribution in [-0.2, 0) is 4.79 Å². The van der Waals surface area contributed by atoms with Crippen molar-refractivity contribution in [1.82, 2.24) is 10.3 Å². The van der Waals surface area contributed by atoms with Crippen molar-refractivity contribution < 1.29 is 18.4 Å². The molecule has 0 aliphatic carbocycles. The first-order valence-corrected chi connectivity index (χ1v) is 8.41. The summed E-state index contributed by atoms with van der Waals surface area (Å²) >= 11 is 0. The highest BCUT2D eigenvalue weighted by Gasteiger charge is 2.12. The van der Waals surface area contributed by atoms with Gasteiger partial charge in [0.05, 0.1) is 16.8 Å². The highest BCUT2D eigenvalue weighted by Crippen LogP contribution is 2.20. The van der Waals surface area contributed by atoms with Gasteiger partial charge in [0.15, 0.2) is 0 Å². The Balaban J connectivity index is 1.49. The van der Waals surface area contributed by atoms with Crippen LogP contribution in [0.15, 0.2) is 54.7 Å². The van der Waals surface area contributed by atoms with Crippen molar-refractivity contribution in [1.29, 1.82) is 0 Å². The highest BCUT2D eigenvalue weighted by atomic mass is 19.1. The van der Waals surface area contributed by atoms with E-state index in [-0.39, 0.29) is 24.4 Å². The SMILES string of the molecule is O=C(CCCNC(=O)c1ccc(F)cc1F)Nc1cccc2cccnc12. The number of halogens is 2. The number of carbonyl (C=O) groups excluding carboxylic acids is 2. The lowest BCUT2D eigenvalue weighted by Gasteiger charge is -2.09. The van der Waals surface area contributed by atoms with Gasteiger partial charge in [0.25, 0.3) is 5.91 Å². The first kappa shape index (κ1) is 18.4. The summed E-state index contributed by atoms with van der Waals surface area (Å²) in [5.74, 6) is -2.53. The Morgan fingerprint density at radius 1 is 1.04 bits per heavy atom. The summed E-state index contributed by atoms with van der Waals surface area (Å²) in [7, 11) is 0. The normalized spacial score (nSPS) is 10.6. The van der Waals surface area contributed by atoms with Crippen molar-refractivity contribution in [3.63, 3.8) is 0 Å². The Bertz CT molecular complexity index is 987. The van der Waals surface area contributed by atoms with Crippen molar-refractivity contribution in [2.24, 2.45) is 0 Å². The molecule has 3 rings (SSSR count). The quantitative estimate of drug-likeness (QED) is 0.652. The van der Waals surface area contributed by atoms with E-state index < -0.39 is 17.5 Å². The van der Waals surface area contributed by atoms with Crippen LogP contribution >= 0.6 is 0 Å². The predicted molar refractivity (Wildman–Crippen MR) is 98.3 cm³/mol. The molecule has 0 fully saturated rings. The third-order valence-electron chi connectivity index (χ3n) is 3.95. The molecule has 2 aromatic carbocycles. The number of aromatic nitrogens is 1. The molecule has 0 aliphatic rings. The number of fused-ring (bicyclic) bond motifs is 1. The van der Waals surface area contributed by atoms with Crippen LogP contribution in [-0.4, -0.2) is 23.3 Å². The highest BCUT2D eigenvalue weighted by molar-refractivity contribution is 6.00. The van der Waals surface area contributed by atoms with Gasteiger partial charge in [-0.05, 0) is 30.7 Å². The number of pyridine rings is 1. The van der Waals surface area contributed by atoms with Gasteiger partial charge in [-0.3, -0.25) is 14.6 Å². The van der Waals surface area contributed by atoms with Crippen LogP contribution in [0, 0.1) is 11.6 Å². The van der Waals surface area contributed by atoms with Crippen molar-refractivity contribution in [3.05, 3.63) is 71.9 Å². The topological polar surface area (TPSA) is 71.1 Å². The van der Waals surface area contributed by atoms with Crippen LogP contribution in [0.3, 0.4) is 0 Å². The first-order chi connectivity index (χ1) is 13.0. The van der Waals surface area contributed by atoms with Gasteiger partial charge >= 0.3 is 0 Å². The molecule has 1 aromatic heterocycles. The van der Waals surface area contributed by atoms with E-state index >= 15 is 0 Å². The van der Waals surface area contributed by atoms with E-state index in [9.17, 15) is 18.4 Å². The number of nitrogens with one attached hydrogen (secondary N) is 2. The van der Waals surface area contributed by atoms with E-state index in [1.54, 1.807) is 12.3 Å². The number of para-hydroxylation sites is 1. The van der Waals surface area contributed by atoms with Gasteiger partial charge < -0.3 is 10.6 Å². The summed E-state index contributed by atoms with van der Waals surface area (Å²) < 4.78 is 26.4. The van der Waals surface area contributed by atoms with Gasteiger partial charge in [-0.1, -0.05) is 18.2 Å². The fraction of sp³-hybridized carbons (Fsp3) is 0.150. The second-order valence-corrected chi connectivity index (χ2v) is 5.91. The molecule has 1 heterocycles. The number of rotatable bonds is 6. The molecule has 0 spiro atoms. The van der Waals surface area contributed by atoms with Gasteiger partial charge in [-0.15, -0.1) is 0 Å². The second-order valence-electron chi connectivity index (χ2n) is 5.91. The molecule has 0 unspecified atom stereocenters. The van der Waals surface area contributed by atoms with Crippen LogP contribution in [0.25, 0.3) is 10.9 Å². The largest absolute Gasteiger partial charge is 0.352 e. The molecule has 27 heavy (non-hydrogen) atoms. The average Bonchev–Trinajstić information content (AvgIpc) is 2.65. The summed E-state index contributed by atoms with van der Waals surface area (Å²) in [4.78, 5) is 28.3. The molecule has 0 radical (unpaired) electrons. The number of benzene rings is 2. The van der Waals surface area contributed by atoms with E-state index in [4.69, 9.17) is 0 Å². The number of nitrogens with zero attached hydrogens (tertiary/aromatic N) is 1. The van der Waals surface area contributed by atoms with Crippen molar-refractivity contribution in [2.45, 2.75) is 12.8 Å². The standard InChI is InChI=1S/C20H17F2N3O2/c21-14-8-9-15(16(22)12-14)20(27)24-11-3-7-18(26)25-17-6-1-4-13-5-2-10-23-19(13)17/h1-2,4-6,8-10,12H,3,7,11H2,(H,24,27)(H,25,26). The van der Waals surface area contributed by atoms with Crippen LogP contribution in [0.5, 0.6) is 0 Å². The lowest BCUT2D eigenvalue weighted by Crippen LogP contribution is -2.26. The second kappa shape index (κ2) is 8.35. The fourth-order valence-electron chi connectivity index (χ4n) is 2.64. The Morgan fingerprint density at radius 2 is 1.85 bits per heavy atom. The summed E-state index contributed by atoms with van der Waals surface area (Å²) in [6, 6.07) is 12.0. The Morgan fingerprint density at radius 3 is 2.67 bits per heavy atom. The van der Waals surface area contributed by atoms with E-state index in [2.05, 4.69) is 15.6 Å². The van der Waals surface area contributed by atoms with Gasteiger partial charge in [0, 0.05) is 30.6 Å². The van der Waals surface area contributed by atoms with Crippen LogP contribution in [0.1, 0.15) is 23.2 Å². The maximum absolute atomic E-state index is 13.5. The van der Waals surface area contributed by atoms with Gasteiger partial charge in [0.2, 0.25) is 5.91 Å². The third-order valence-corrected chi connectivity index (χ3v) is 3.95. The summed E-state index contributed by atoms with van der Waals surface area (Å²) in [5, 5.41) is 6.24. The van der Waals surface area contributed by atoms with Gasteiger partial charge in [-0.25, -0.2) is 8.78 Å². The number of hydrogen-bond acceptors (Lipinski definition) is 3. The van der Waals surface area contributed by atoms with E-state index in [1.165, 1.54) is 0 Å². The number of amides is 2. The fourth-order valence-corrected chi connectivity index (χ4v) is 2.64. The smallest absolute Gasteiger partial charge is 0.254 e. The minimum atomic E-state index is -0.923. The van der Waals surface area contributed by atoms with Crippen molar-refractivity contribution in [2.75, 3.05) is 11.9 Å². The van der Waals surface area contributed by atoms with Crippen molar-refractivity contribution in [3.8, 4) is 0 Å². The molecular weight excluding hydrogens is 352 g/mol. The molecule has 0 saturated heterocycles. The Labute approximate surface area is 154 Å². The summed E-state index contributed by atoms with van der Waals surface area (Å²) in [6.45, 7) is 0.191. The number of carbonyl (C=O) groups is 2. The minimum Gasteiger partial charge on any atom is -0.352 e. The average molecular weight is 369 g/mol. The van der Waals surface area contributed by atoms with E-state index in [1.807, 2.05) is 24.3 Å².